The number of aryl methyl sites for hydroxylation is 1. The molecule has 1 fully saturated rings. The number of anilines is 3. The Morgan fingerprint density at radius 3 is 1.93 bits per heavy atom. The van der Waals surface area contributed by atoms with Crippen molar-refractivity contribution in [1.29, 1.82) is 0 Å². The molecule has 0 bridgehead atoms. The van der Waals surface area contributed by atoms with Crippen LogP contribution >= 0.6 is 0 Å². The molecule has 228 valence electrons. The van der Waals surface area contributed by atoms with Gasteiger partial charge in [0.1, 0.15) is 0 Å². The topological polar surface area (TPSA) is 26.6 Å². The van der Waals surface area contributed by atoms with Gasteiger partial charge >= 0.3 is 269 Å². The van der Waals surface area contributed by atoms with Crippen molar-refractivity contribution >= 4 is 40.5 Å². The first-order valence-corrected chi connectivity index (χ1v) is 18.6. The van der Waals surface area contributed by atoms with Gasteiger partial charge in [0.2, 0.25) is 0 Å². The molecule has 0 amide bonds. The van der Waals surface area contributed by atoms with E-state index >= 15 is 0 Å². The molecule has 0 atom stereocenters. The van der Waals surface area contributed by atoms with Crippen molar-refractivity contribution in [1.82, 2.24) is 4.57 Å². The van der Waals surface area contributed by atoms with Crippen LogP contribution in [-0.4, -0.2) is 27.8 Å². The van der Waals surface area contributed by atoms with Crippen molar-refractivity contribution in [3.8, 4) is 5.69 Å². The van der Waals surface area contributed by atoms with Gasteiger partial charge in [0.25, 0.3) is 0 Å². The second kappa shape index (κ2) is 11.4. The molecule has 6 rings (SSSR count). The molecule has 1 saturated heterocycles. The number of fused-ring (bicyclic) bond motifs is 1. The Kier molecular flexibility index (Phi) is 8.00. The Bertz CT molecular complexity index is 1780. The van der Waals surface area contributed by atoms with Gasteiger partial charge in [-0.05, 0) is 0 Å². The molecule has 0 N–H and O–H groups in total. The normalized spacial score (nSPS) is 16.2. The first-order valence-electron chi connectivity index (χ1n) is 15.4. The number of hydrogen-bond acceptors (Lipinski definition) is 3. The molecule has 4 nitrogen and oxygen atoms in total. The Morgan fingerprint density at radius 2 is 1.34 bits per heavy atom. The molecule has 0 unspecified atom stereocenters. The second-order valence-electron chi connectivity index (χ2n) is 13.8. The van der Waals surface area contributed by atoms with Crippen molar-refractivity contribution in [2.45, 2.75) is 72.0 Å². The maximum atomic E-state index is 6.85. The van der Waals surface area contributed by atoms with E-state index in [-0.39, 0.29) is 26.6 Å². The maximum absolute atomic E-state index is 6.85. The fraction of sp³-hybridized carbons (Fsp3) is 0.316. The Balaban J connectivity index is 1.64. The summed E-state index contributed by atoms with van der Waals surface area (Å²) in [6, 6.07) is 35.5. The van der Waals surface area contributed by atoms with Crippen molar-refractivity contribution in [3.05, 3.63) is 112 Å². The molecule has 0 aliphatic carbocycles. The molecule has 4 aromatic carbocycles. The van der Waals surface area contributed by atoms with Crippen molar-refractivity contribution in [2.24, 2.45) is 0 Å². The van der Waals surface area contributed by atoms with Crippen molar-refractivity contribution in [2.75, 3.05) is 9.83 Å². The van der Waals surface area contributed by atoms with Crippen LogP contribution in [0.2, 0.25) is 0 Å². The number of alkyl halides is 1. The van der Waals surface area contributed by atoms with E-state index in [1.807, 2.05) is 0 Å². The first-order chi connectivity index (χ1) is 20.8. The average molecular weight is 697 g/mol. The van der Waals surface area contributed by atoms with Gasteiger partial charge in [-0.25, -0.2) is 0 Å². The van der Waals surface area contributed by atoms with Crippen LogP contribution in [-0.2, 0) is 14.7 Å². The fourth-order valence-corrected chi connectivity index (χ4v) is 7.08. The molecule has 5 aromatic rings. The SMILES string of the molecule is C[I-]c1ccc(N(c2ccc(C(C)(C)C)cc2)c2cccc(-n3c(C)cc4ccccc43)c2B2OC(C)(C)C(C)(C)O2)cc1. The van der Waals surface area contributed by atoms with Crippen molar-refractivity contribution < 1.29 is 30.5 Å². The third kappa shape index (κ3) is 5.50. The van der Waals surface area contributed by atoms with E-state index in [2.05, 4.69) is 167 Å². The van der Waals surface area contributed by atoms with Gasteiger partial charge in [-0.1, -0.05) is 6.07 Å². The summed E-state index contributed by atoms with van der Waals surface area (Å²) in [5, 5.41) is 1.21. The molecule has 0 saturated carbocycles. The molecule has 0 radical (unpaired) electrons. The quantitative estimate of drug-likeness (QED) is 0.126. The van der Waals surface area contributed by atoms with E-state index in [1.54, 1.807) is 0 Å². The zero-order valence-electron chi connectivity index (χ0n) is 27.4. The number of aromatic nitrogens is 1. The van der Waals surface area contributed by atoms with Gasteiger partial charge < -0.3 is 0 Å². The van der Waals surface area contributed by atoms with Crippen molar-refractivity contribution in [3.63, 3.8) is 0 Å². The summed E-state index contributed by atoms with van der Waals surface area (Å²) in [5.74, 6) is 0. The van der Waals surface area contributed by atoms with Crippen LogP contribution in [0.25, 0.3) is 16.6 Å². The van der Waals surface area contributed by atoms with Gasteiger partial charge in [0.15, 0.2) is 0 Å². The minimum absolute atomic E-state index is 0.00123. The number of rotatable bonds is 6. The molecule has 1 aromatic heterocycles. The van der Waals surface area contributed by atoms with Gasteiger partial charge in [-0.3, -0.25) is 0 Å². The van der Waals surface area contributed by atoms with Gasteiger partial charge in [-0.2, -0.15) is 0 Å². The molecular weight excluding hydrogens is 654 g/mol. The van der Waals surface area contributed by atoms with Crippen LogP contribution in [0, 0.1) is 10.5 Å². The van der Waals surface area contributed by atoms with Crippen LogP contribution in [0.15, 0.2) is 97.1 Å². The molecule has 6 heteroatoms. The number of halogens is 1. The molecule has 0 spiro atoms. The summed E-state index contributed by atoms with van der Waals surface area (Å²) in [5.41, 5.74) is 8.06. The summed E-state index contributed by atoms with van der Waals surface area (Å²) in [4.78, 5) is 4.68. The van der Waals surface area contributed by atoms with Crippen LogP contribution in [0.1, 0.15) is 59.7 Å². The van der Waals surface area contributed by atoms with E-state index in [0.29, 0.717) is 0 Å². The van der Waals surface area contributed by atoms with Gasteiger partial charge in [0, 0.05) is 0 Å². The predicted octanol–water partition coefficient (Wildman–Crippen LogP) is 5.89. The van der Waals surface area contributed by atoms with Gasteiger partial charge in [-0.15, -0.1) is 0 Å². The third-order valence-corrected chi connectivity index (χ3v) is 11.2. The third-order valence-electron chi connectivity index (χ3n) is 9.22. The second-order valence-corrected chi connectivity index (χ2v) is 16.1. The van der Waals surface area contributed by atoms with Crippen LogP contribution in [0.4, 0.5) is 17.1 Å². The first kappa shape index (κ1) is 30.9. The van der Waals surface area contributed by atoms with E-state index < -0.39 is 18.3 Å². The Labute approximate surface area is 273 Å². The molecule has 1 aliphatic rings. The number of hydrogen-bond donors (Lipinski definition) is 0. The van der Waals surface area contributed by atoms with Crippen LogP contribution < -0.4 is 31.6 Å². The number of para-hydroxylation sites is 1. The Hall–Kier alpha value is -3.07. The summed E-state index contributed by atoms with van der Waals surface area (Å²) < 4.78 is 17.5. The standard InChI is InChI=1S/C38H43BIN2O2/c1-26-25-27-13-10-11-14-32(27)41(26)33-15-12-16-34(35(33)39-43-37(5,6)38(7,8)44-39)42(31-23-19-29(40-9)20-24-31)30-21-17-28(18-22-30)36(2,3)4/h10-25H,1-9H3/q-1. The van der Waals surface area contributed by atoms with Gasteiger partial charge in [0.05, 0.1) is 0 Å². The zero-order chi connectivity index (χ0) is 31.4. The van der Waals surface area contributed by atoms with Crippen LogP contribution in [0.3, 0.4) is 0 Å². The predicted molar refractivity (Wildman–Crippen MR) is 182 cm³/mol. The zero-order valence-corrected chi connectivity index (χ0v) is 29.6. The van der Waals surface area contributed by atoms with E-state index in [1.165, 1.54) is 20.2 Å². The summed E-state index contributed by atoms with van der Waals surface area (Å²) in [6.07, 6.45) is 0. The fourth-order valence-electron chi connectivity index (χ4n) is 6.00. The summed E-state index contributed by atoms with van der Waals surface area (Å²) >= 11 is -0.00123. The minimum atomic E-state index is -0.566. The summed E-state index contributed by atoms with van der Waals surface area (Å²) in [6.45, 7) is 17.5. The van der Waals surface area contributed by atoms with E-state index in [4.69, 9.17) is 9.31 Å². The number of benzene rings is 4. The van der Waals surface area contributed by atoms with E-state index in [0.717, 1.165) is 33.7 Å². The summed E-state index contributed by atoms with van der Waals surface area (Å²) in [7, 11) is -0.566. The molecular formula is C38H43BIN2O2-. The Morgan fingerprint density at radius 1 is 0.750 bits per heavy atom. The molecule has 2 heterocycles. The molecule has 1 aliphatic heterocycles. The monoisotopic (exact) mass is 697 g/mol. The van der Waals surface area contributed by atoms with Crippen LogP contribution in [0.5, 0.6) is 0 Å². The van der Waals surface area contributed by atoms with E-state index in [9.17, 15) is 0 Å². The molecule has 44 heavy (non-hydrogen) atoms. The number of nitrogens with zero attached hydrogens (tertiary/aromatic N) is 2. The average Bonchev–Trinajstić information content (AvgIpc) is 3.43.